The van der Waals surface area contributed by atoms with Crippen molar-refractivity contribution in [1.82, 2.24) is 0 Å². The van der Waals surface area contributed by atoms with Crippen LogP contribution in [0.15, 0.2) is 72.8 Å². The maximum absolute atomic E-state index is 12.5. The van der Waals surface area contributed by atoms with E-state index in [0.29, 0.717) is 0 Å². The fourth-order valence-electron chi connectivity index (χ4n) is 2.66. The maximum atomic E-state index is 12.5. The zero-order chi connectivity index (χ0) is 14.2. The minimum absolute atomic E-state index is 0. The number of hydrogen-bond donors (Lipinski definition) is 0. The van der Waals surface area contributed by atoms with Gasteiger partial charge in [-0.15, -0.1) is 0 Å². The second-order valence-electron chi connectivity index (χ2n) is 4.95. The molecule has 0 amide bonds. The van der Waals surface area contributed by atoms with Crippen LogP contribution < -0.4 is 21.2 Å². The van der Waals surface area contributed by atoms with Crippen molar-refractivity contribution in [1.29, 1.82) is 0 Å². The molecule has 0 heterocycles. The van der Waals surface area contributed by atoms with E-state index in [1.165, 1.54) is 7.14 Å². The van der Waals surface area contributed by atoms with Gasteiger partial charge < -0.3 is 7.43 Å². The van der Waals surface area contributed by atoms with Gasteiger partial charge in [-0.25, -0.2) is 0 Å². The van der Waals surface area contributed by atoms with Gasteiger partial charge in [0.1, 0.15) is 0 Å². The van der Waals surface area contributed by atoms with Crippen LogP contribution in [0.3, 0.4) is 0 Å². The summed E-state index contributed by atoms with van der Waals surface area (Å²) in [7, 11) is 0. The van der Waals surface area contributed by atoms with E-state index in [0.717, 1.165) is 22.3 Å². The quantitative estimate of drug-likeness (QED) is 0.369. The van der Waals surface area contributed by atoms with Crippen molar-refractivity contribution in [2.75, 3.05) is 0 Å². The Hall–Kier alpha value is -1.94. The van der Waals surface area contributed by atoms with Crippen molar-refractivity contribution in [3.63, 3.8) is 0 Å². The molecular formula is C20H15IO-2. The zero-order valence-corrected chi connectivity index (χ0v) is 14.4. The summed E-state index contributed by atoms with van der Waals surface area (Å²) >= 11 is -0.228. The third kappa shape index (κ3) is 2.48. The average Bonchev–Trinajstić information content (AvgIpc) is 2.82. The fourth-order valence-corrected chi connectivity index (χ4v) is 4.98. The van der Waals surface area contributed by atoms with Crippen molar-refractivity contribution in [3.05, 3.63) is 98.5 Å². The Morgan fingerprint density at radius 3 is 2.00 bits per heavy atom. The van der Waals surface area contributed by atoms with Crippen LogP contribution in [-0.4, -0.2) is 5.78 Å². The topological polar surface area (TPSA) is 17.1 Å². The van der Waals surface area contributed by atoms with Gasteiger partial charge in [0.25, 0.3) is 0 Å². The molecule has 1 aliphatic carbocycles. The van der Waals surface area contributed by atoms with E-state index in [-0.39, 0.29) is 34.4 Å². The molecule has 0 aromatic heterocycles. The Kier molecular flexibility index (Phi) is 4.12. The first-order valence-electron chi connectivity index (χ1n) is 6.81. The van der Waals surface area contributed by atoms with Crippen LogP contribution >= 0.6 is 0 Å². The number of ketones is 1. The summed E-state index contributed by atoms with van der Waals surface area (Å²) in [5, 5.41) is 0. The van der Waals surface area contributed by atoms with Crippen LogP contribution in [0.5, 0.6) is 0 Å². The van der Waals surface area contributed by atoms with E-state index in [1.807, 2.05) is 30.3 Å². The first kappa shape index (κ1) is 15.0. The van der Waals surface area contributed by atoms with Gasteiger partial charge in [0.2, 0.25) is 0 Å². The third-order valence-corrected chi connectivity index (χ3v) is 6.28. The number of hydrogen-bond acceptors (Lipinski definition) is 1. The van der Waals surface area contributed by atoms with Crippen LogP contribution in [0.2, 0.25) is 0 Å². The van der Waals surface area contributed by atoms with Crippen molar-refractivity contribution in [2.24, 2.45) is 0 Å². The molecule has 0 saturated carbocycles. The zero-order valence-electron chi connectivity index (χ0n) is 12.2. The second-order valence-corrected chi connectivity index (χ2v) is 7.99. The van der Waals surface area contributed by atoms with Crippen molar-refractivity contribution >= 4 is 5.78 Å². The Labute approximate surface area is 141 Å². The molecule has 1 nitrogen and oxygen atoms in total. The molecule has 2 heteroatoms. The van der Waals surface area contributed by atoms with Crippen molar-refractivity contribution in [3.8, 4) is 11.1 Å². The monoisotopic (exact) mass is 398 g/mol. The summed E-state index contributed by atoms with van der Waals surface area (Å²) in [6, 6.07) is 24.8. The minimum Gasteiger partial charge on any atom is -0.358 e. The smallest absolute Gasteiger partial charge is 0.358 e. The van der Waals surface area contributed by atoms with Crippen LogP contribution in [0.4, 0.5) is 0 Å². The third-order valence-electron chi connectivity index (χ3n) is 3.64. The molecule has 3 aromatic carbocycles. The maximum Gasteiger partial charge on any atom is -0.358 e. The predicted molar refractivity (Wildman–Crippen MR) is 85.6 cm³/mol. The van der Waals surface area contributed by atoms with Crippen LogP contribution in [0.1, 0.15) is 15.9 Å². The second kappa shape index (κ2) is 6.05. The molecule has 22 heavy (non-hydrogen) atoms. The number of halogens is 1. The van der Waals surface area contributed by atoms with Crippen LogP contribution in [-0.2, 0) is 0 Å². The number of carbonyl (C=O) groups excluding carboxylic acids is 1. The number of carbonyl (C=O) groups is 1. The molecule has 0 spiro atoms. The predicted octanol–water partition coefficient (Wildman–Crippen LogP) is 1.48. The Morgan fingerprint density at radius 1 is 0.591 bits per heavy atom. The molecule has 0 unspecified atom stereocenters. The van der Waals surface area contributed by atoms with E-state index < -0.39 is 0 Å². The molecule has 0 fully saturated rings. The average molecular weight is 398 g/mol. The van der Waals surface area contributed by atoms with Gasteiger partial charge in [-0.1, -0.05) is 0 Å². The molecule has 0 atom stereocenters. The summed E-state index contributed by atoms with van der Waals surface area (Å²) in [6.45, 7) is 0. The normalized spacial score (nSPS) is 11.7. The van der Waals surface area contributed by atoms with Gasteiger partial charge in [0.05, 0.1) is 0 Å². The molecular weight excluding hydrogens is 383 g/mol. The van der Waals surface area contributed by atoms with Gasteiger partial charge in [0.15, 0.2) is 0 Å². The van der Waals surface area contributed by atoms with Crippen LogP contribution in [0, 0.1) is 14.6 Å². The van der Waals surface area contributed by atoms with Gasteiger partial charge in [0, 0.05) is 0 Å². The van der Waals surface area contributed by atoms with Gasteiger partial charge in [-0.05, 0) is 0 Å². The molecule has 110 valence electrons. The molecule has 0 saturated heterocycles. The summed E-state index contributed by atoms with van der Waals surface area (Å²) in [5.41, 5.74) is 3.85. The summed E-state index contributed by atoms with van der Waals surface area (Å²) in [4.78, 5) is 12.5. The molecule has 0 N–H and O–H groups in total. The standard InChI is InChI=1S/C19H12IO.CH3/c21-19-17-9-5-4-8-15(17)16-11-10-14(12-18(16)19)20-13-6-2-1-3-7-13;/h1-12H;1H3/q2*-1. The Bertz CT molecular complexity index is 837. The van der Waals surface area contributed by atoms with E-state index in [1.54, 1.807) is 0 Å². The Balaban J connectivity index is 0.00000144. The summed E-state index contributed by atoms with van der Waals surface area (Å²) < 4.78 is 2.67. The molecule has 0 aliphatic heterocycles. The molecule has 0 bridgehead atoms. The number of benzene rings is 3. The number of rotatable bonds is 2. The minimum atomic E-state index is -0.228. The first-order valence-corrected chi connectivity index (χ1v) is 8.97. The van der Waals surface area contributed by atoms with Crippen LogP contribution in [0.25, 0.3) is 11.1 Å². The molecule has 3 aromatic rings. The van der Waals surface area contributed by atoms with Gasteiger partial charge in [-0.2, -0.15) is 0 Å². The largest absolute Gasteiger partial charge is 0.358 e. The Morgan fingerprint density at radius 2 is 1.23 bits per heavy atom. The van der Waals surface area contributed by atoms with Crippen molar-refractivity contribution in [2.45, 2.75) is 0 Å². The molecule has 1 aliphatic rings. The summed E-state index contributed by atoms with van der Waals surface area (Å²) in [6.07, 6.45) is 0. The first-order chi connectivity index (χ1) is 10.3. The fraction of sp³-hybridized carbons (Fsp3) is 0. The number of fused-ring (bicyclic) bond motifs is 3. The summed E-state index contributed by atoms with van der Waals surface area (Å²) in [5.74, 6) is 0.166. The molecule has 4 rings (SSSR count). The SMILES string of the molecule is O=C1c2ccccc2-c2ccc([I-]c3ccccc3)cc21.[CH3-]. The van der Waals surface area contributed by atoms with Gasteiger partial charge >= 0.3 is 134 Å². The van der Waals surface area contributed by atoms with Crippen molar-refractivity contribution < 1.29 is 26.0 Å². The van der Waals surface area contributed by atoms with E-state index in [4.69, 9.17) is 0 Å². The van der Waals surface area contributed by atoms with E-state index in [2.05, 4.69) is 42.5 Å². The van der Waals surface area contributed by atoms with Gasteiger partial charge in [-0.3, -0.25) is 0 Å². The van der Waals surface area contributed by atoms with E-state index >= 15 is 0 Å². The molecule has 0 radical (unpaired) electrons. The van der Waals surface area contributed by atoms with E-state index in [9.17, 15) is 4.79 Å².